The molecule has 0 bridgehead atoms. The van der Waals surface area contributed by atoms with Crippen LogP contribution < -0.4 is 5.32 Å². The molecule has 2 heterocycles. The van der Waals surface area contributed by atoms with E-state index in [-0.39, 0.29) is 5.82 Å². The predicted molar refractivity (Wildman–Crippen MR) is 54.6 cm³/mol. The van der Waals surface area contributed by atoms with E-state index in [2.05, 4.69) is 20.3 Å². The molecule has 0 fully saturated rings. The van der Waals surface area contributed by atoms with Gasteiger partial charge in [-0.05, 0) is 12.1 Å². The molecule has 0 aliphatic heterocycles. The van der Waals surface area contributed by atoms with Crippen molar-refractivity contribution in [1.29, 1.82) is 0 Å². The van der Waals surface area contributed by atoms with E-state index in [4.69, 9.17) is 0 Å². The van der Waals surface area contributed by atoms with Crippen molar-refractivity contribution >= 4 is 11.6 Å². The third-order valence-corrected chi connectivity index (χ3v) is 1.91. The Labute approximate surface area is 94.6 Å². The largest absolute Gasteiger partial charge is 0.417 e. The fourth-order valence-corrected chi connectivity index (χ4v) is 1.13. The summed E-state index contributed by atoms with van der Waals surface area (Å²) in [5, 5.41) is 2.73. The Morgan fingerprint density at radius 1 is 0.941 bits per heavy atom. The first-order valence-electron chi connectivity index (χ1n) is 4.62. The van der Waals surface area contributed by atoms with Gasteiger partial charge >= 0.3 is 6.18 Å². The van der Waals surface area contributed by atoms with Crippen LogP contribution in [0.3, 0.4) is 0 Å². The summed E-state index contributed by atoms with van der Waals surface area (Å²) in [5.74, 6) is 0.693. The molecule has 7 heteroatoms. The molecule has 88 valence electrons. The first-order valence-corrected chi connectivity index (χ1v) is 4.62. The Bertz CT molecular complexity index is 481. The molecule has 0 aliphatic carbocycles. The summed E-state index contributed by atoms with van der Waals surface area (Å²) in [6, 6.07) is 2.18. The van der Waals surface area contributed by atoms with Gasteiger partial charge in [0.1, 0.15) is 11.6 Å². The van der Waals surface area contributed by atoms with Crippen LogP contribution in [-0.2, 0) is 6.18 Å². The standard InChI is InChI=1S/C10H7F3N4/c11-10(12,13)7-1-2-8(16-5-7)17-9-6-14-3-4-15-9/h1-6H,(H,15,16,17). The van der Waals surface area contributed by atoms with E-state index in [0.717, 1.165) is 12.3 Å². The van der Waals surface area contributed by atoms with Crippen molar-refractivity contribution in [2.45, 2.75) is 6.18 Å². The molecular weight excluding hydrogens is 233 g/mol. The summed E-state index contributed by atoms with van der Waals surface area (Å²) in [4.78, 5) is 11.4. The minimum absolute atomic E-state index is 0.276. The highest BCUT2D eigenvalue weighted by Gasteiger charge is 2.30. The maximum absolute atomic E-state index is 12.3. The van der Waals surface area contributed by atoms with Crippen LogP contribution in [0.5, 0.6) is 0 Å². The number of hydrogen-bond acceptors (Lipinski definition) is 4. The van der Waals surface area contributed by atoms with E-state index in [1.807, 2.05) is 0 Å². The van der Waals surface area contributed by atoms with Crippen LogP contribution in [0.1, 0.15) is 5.56 Å². The molecule has 17 heavy (non-hydrogen) atoms. The molecule has 0 radical (unpaired) electrons. The van der Waals surface area contributed by atoms with Crippen LogP contribution >= 0.6 is 0 Å². The maximum atomic E-state index is 12.3. The second-order valence-corrected chi connectivity index (χ2v) is 3.15. The zero-order chi connectivity index (χ0) is 12.3. The average Bonchev–Trinajstić information content (AvgIpc) is 2.30. The number of aromatic nitrogens is 3. The maximum Gasteiger partial charge on any atom is 0.417 e. The molecular formula is C10H7F3N4. The Hall–Kier alpha value is -2.18. The number of rotatable bonds is 2. The quantitative estimate of drug-likeness (QED) is 0.876. The first kappa shape index (κ1) is 11.3. The molecule has 0 saturated carbocycles. The Kier molecular flexibility index (Phi) is 2.90. The molecule has 1 N–H and O–H groups in total. The molecule has 4 nitrogen and oxygen atoms in total. The minimum atomic E-state index is -4.38. The van der Waals surface area contributed by atoms with Crippen molar-refractivity contribution < 1.29 is 13.2 Å². The fraction of sp³-hybridized carbons (Fsp3) is 0.100. The second-order valence-electron chi connectivity index (χ2n) is 3.15. The number of nitrogens with zero attached hydrogens (tertiary/aromatic N) is 3. The molecule has 0 aromatic carbocycles. The normalized spacial score (nSPS) is 11.2. The van der Waals surface area contributed by atoms with E-state index in [9.17, 15) is 13.2 Å². The van der Waals surface area contributed by atoms with Crippen molar-refractivity contribution in [2.75, 3.05) is 5.32 Å². The number of anilines is 2. The van der Waals surface area contributed by atoms with Gasteiger partial charge in [0.15, 0.2) is 0 Å². The predicted octanol–water partition coefficient (Wildman–Crippen LogP) is 2.63. The second kappa shape index (κ2) is 4.36. The van der Waals surface area contributed by atoms with Crippen molar-refractivity contribution in [1.82, 2.24) is 15.0 Å². The van der Waals surface area contributed by atoms with Gasteiger partial charge in [0, 0.05) is 18.6 Å². The topological polar surface area (TPSA) is 50.7 Å². The van der Waals surface area contributed by atoms with Gasteiger partial charge < -0.3 is 5.32 Å². The van der Waals surface area contributed by atoms with Crippen molar-refractivity contribution in [3.63, 3.8) is 0 Å². The van der Waals surface area contributed by atoms with E-state index < -0.39 is 11.7 Å². The average molecular weight is 240 g/mol. The molecule has 0 unspecified atom stereocenters. The van der Waals surface area contributed by atoms with Gasteiger partial charge in [-0.1, -0.05) is 0 Å². The lowest BCUT2D eigenvalue weighted by Crippen LogP contribution is -2.06. The lowest BCUT2D eigenvalue weighted by molar-refractivity contribution is -0.137. The van der Waals surface area contributed by atoms with Gasteiger partial charge in [0.05, 0.1) is 11.8 Å². The van der Waals surface area contributed by atoms with Crippen molar-refractivity contribution in [2.24, 2.45) is 0 Å². The van der Waals surface area contributed by atoms with E-state index in [0.29, 0.717) is 5.82 Å². The van der Waals surface area contributed by atoms with Crippen LogP contribution in [0, 0.1) is 0 Å². The number of alkyl halides is 3. The smallest absolute Gasteiger partial charge is 0.324 e. The third-order valence-electron chi connectivity index (χ3n) is 1.91. The van der Waals surface area contributed by atoms with Crippen LogP contribution in [0.15, 0.2) is 36.9 Å². The molecule has 2 aromatic rings. The van der Waals surface area contributed by atoms with E-state index in [1.54, 1.807) is 0 Å². The third kappa shape index (κ3) is 2.90. The van der Waals surface area contributed by atoms with Crippen molar-refractivity contribution in [3.8, 4) is 0 Å². The Morgan fingerprint density at radius 2 is 1.76 bits per heavy atom. The SMILES string of the molecule is FC(F)(F)c1ccc(Nc2cnccn2)nc1. The number of hydrogen-bond donors (Lipinski definition) is 1. The summed E-state index contributed by atoms with van der Waals surface area (Å²) in [6.07, 6.45) is 0.786. The highest BCUT2D eigenvalue weighted by atomic mass is 19.4. The molecule has 0 spiro atoms. The Morgan fingerprint density at radius 3 is 2.29 bits per heavy atom. The van der Waals surface area contributed by atoms with Gasteiger partial charge in [-0.2, -0.15) is 13.2 Å². The number of pyridine rings is 1. The van der Waals surface area contributed by atoms with E-state index in [1.165, 1.54) is 24.7 Å². The number of halogens is 3. The van der Waals surface area contributed by atoms with Gasteiger partial charge in [-0.25, -0.2) is 9.97 Å². The first-order chi connectivity index (χ1) is 8.05. The lowest BCUT2D eigenvalue weighted by atomic mass is 10.3. The van der Waals surface area contributed by atoms with Gasteiger partial charge in [-0.15, -0.1) is 0 Å². The summed E-state index contributed by atoms with van der Waals surface area (Å²) in [5.41, 5.74) is -0.790. The highest BCUT2D eigenvalue weighted by Crippen LogP contribution is 2.29. The van der Waals surface area contributed by atoms with Gasteiger partial charge in [-0.3, -0.25) is 4.98 Å². The van der Waals surface area contributed by atoms with E-state index >= 15 is 0 Å². The van der Waals surface area contributed by atoms with Crippen LogP contribution in [0.25, 0.3) is 0 Å². The minimum Gasteiger partial charge on any atom is -0.324 e. The summed E-state index contributed by atoms with van der Waals surface area (Å²) in [7, 11) is 0. The molecule has 0 amide bonds. The summed E-state index contributed by atoms with van der Waals surface area (Å²) >= 11 is 0. The van der Waals surface area contributed by atoms with Gasteiger partial charge in [0.25, 0.3) is 0 Å². The van der Waals surface area contributed by atoms with Crippen LogP contribution in [0.2, 0.25) is 0 Å². The molecule has 0 aliphatic rings. The van der Waals surface area contributed by atoms with Crippen molar-refractivity contribution in [3.05, 3.63) is 42.5 Å². The van der Waals surface area contributed by atoms with Gasteiger partial charge in [0.2, 0.25) is 0 Å². The Balaban J connectivity index is 2.14. The summed E-state index contributed by atoms with van der Waals surface area (Å²) < 4.78 is 36.8. The monoisotopic (exact) mass is 240 g/mol. The molecule has 0 saturated heterocycles. The number of nitrogens with one attached hydrogen (secondary N) is 1. The molecule has 2 aromatic heterocycles. The summed E-state index contributed by atoms with van der Waals surface area (Å²) in [6.45, 7) is 0. The van der Waals surface area contributed by atoms with Crippen LogP contribution in [-0.4, -0.2) is 15.0 Å². The van der Waals surface area contributed by atoms with Crippen LogP contribution in [0.4, 0.5) is 24.8 Å². The zero-order valence-corrected chi connectivity index (χ0v) is 8.44. The zero-order valence-electron chi connectivity index (χ0n) is 8.44. The fourth-order valence-electron chi connectivity index (χ4n) is 1.13. The lowest BCUT2D eigenvalue weighted by Gasteiger charge is -2.07. The molecule has 0 atom stereocenters. The molecule has 2 rings (SSSR count). The highest BCUT2D eigenvalue weighted by molar-refractivity contribution is 5.50.